The third-order valence-corrected chi connectivity index (χ3v) is 5.87. The summed E-state index contributed by atoms with van der Waals surface area (Å²) in [7, 11) is -1.25. The number of fused-ring (bicyclic) bond motifs is 1. The molecule has 0 aromatic heterocycles. The van der Waals surface area contributed by atoms with E-state index >= 15 is 0 Å². The highest BCUT2D eigenvalue weighted by Gasteiger charge is 2.29. The minimum Gasteiger partial charge on any atom is -0.496 e. The van der Waals surface area contributed by atoms with E-state index in [0.717, 1.165) is 5.56 Å². The average Bonchev–Trinajstić information content (AvgIpc) is 3.20. The molecule has 0 spiro atoms. The normalized spacial score (nSPS) is 13.4. The summed E-state index contributed by atoms with van der Waals surface area (Å²) in [5.41, 5.74) is 13.7. The quantitative estimate of drug-likeness (QED) is 0.190. The Morgan fingerprint density at radius 2 is 2.00 bits per heavy atom. The van der Waals surface area contributed by atoms with Crippen LogP contribution >= 0.6 is 0 Å². The number of methoxy groups -OCH3 is 1. The van der Waals surface area contributed by atoms with Crippen molar-refractivity contribution in [3.8, 4) is 5.75 Å². The molecule has 1 unspecified atom stereocenters. The molecule has 0 radical (unpaired) electrons. The molecule has 0 saturated carbocycles. The Bertz CT molecular complexity index is 1040. The predicted molar refractivity (Wildman–Crippen MR) is 127 cm³/mol. The molecule has 0 aliphatic carbocycles. The van der Waals surface area contributed by atoms with E-state index in [1.54, 1.807) is 35.2 Å². The molecule has 1 heterocycles. The van der Waals surface area contributed by atoms with E-state index in [2.05, 4.69) is 0 Å². The number of benzene rings is 2. The van der Waals surface area contributed by atoms with E-state index in [0.29, 0.717) is 48.1 Å². The zero-order valence-corrected chi connectivity index (χ0v) is 19.0. The number of nitrogens with zero attached hydrogens (tertiary/aromatic N) is 1. The topological polar surface area (TPSA) is 169 Å². The smallest absolute Gasteiger partial charge is 0.491 e. The number of hydrogen-bond acceptors (Lipinski definition) is 8. The molecule has 0 saturated heterocycles. The summed E-state index contributed by atoms with van der Waals surface area (Å²) in [6.45, 7) is 0.852. The van der Waals surface area contributed by atoms with Crippen LogP contribution in [0.4, 0.5) is 0 Å². The fourth-order valence-electron chi connectivity index (χ4n) is 3.85. The third kappa shape index (κ3) is 6.16. The molecule has 1 atom stereocenters. The number of hydrogen-bond donors (Lipinski definition) is 5. The number of carbonyl (C=O) groups is 2. The first-order valence-electron chi connectivity index (χ1n) is 11.0. The van der Waals surface area contributed by atoms with Gasteiger partial charge in [-0.2, -0.15) is 0 Å². The van der Waals surface area contributed by atoms with Crippen molar-refractivity contribution in [3.63, 3.8) is 0 Å². The van der Waals surface area contributed by atoms with Crippen molar-refractivity contribution in [2.75, 3.05) is 13.7 Å². The average molecular weight is 469 g/mol. The van der Waals surface area contributed by atoms with Crippen LogP contribution in [0.15, 0.2) is 36.4 Å². The van der Waals surface area contributed by atoms with Gasteiger partial charge in [0.25, 0.3) is 5.91 Å². The van der Waals surface area contributed by atoms with Gasteiger partial charge >= 0.3 is 14.2 Å². The number of amides is 2. The molecule has 12 heteroatoms. The number of ether oxygens (including phenoxy) is 1. The molecular formula is C22H29B2N3O7. The van der Waals surface area contributed by atoms with Gasteiger partial charge in [0.15, 0.2) is 0 Å². The summed E-state index contributed by atoms with van der Waals surface area (Å²) in [6, 6.07) is 9.10. The lowest BCUT2D eigenvalue weighted by Crippen LogP contribution is -2.37. The number of rotatable bonds is 11. The van der Waals surface area contributed by atoms with Gasteiger partial charge in [-0.1, -0.05) is 18.2 Å². The second-order valence-electron chi connectivity index (χ2n) is 8.25. The van der Waals surface area contributed by atoms with E-state index in [1.807, 2.05) is 0 Å². The number of primary amides is 1. The molecule has 0 bridgehead atoms. The summed E-state index contributed by atoms with van der Waals surface area (Å²) < 4.78 is 10.6. The highest BCUT2D eigenvalue weighted by molar-refractivity contribution is 6.61. The van der Waals surface area contributed by atoms with Gasteiger partial charge in [-0.15, -0.1) is 0 Å². The monoisotopic (exact) mass is 469 g/mol. The van der Waals surface area contributed by atoms with Crippen LogP contribution in [0.1, 0.15) is 40.7 Å². The maximum Gasteiger partial charge on any atom is 0.491 e. The minimum atomic E-state index is -1.64. The summed E-state index contributed by atoms with van der Waals surface area (Å²) in [5, 5.41) is 28.9. The van der Waals surface area contributed by atoms with Crippen LogP contribution in [-0.4, -0.2) is 65.7 Å². The van der Waals surface area contributed by atoms with Gasteiger partial charge in [0.2, 0.25) is 5.91 Å². The van der Waals surface area contributed by atoms with Gasteiger partial charge in [0.1, 0.15) is 5.75 Å². The maximum atomic E-state index is 13.5. The molecular weight excluding hydrogens is 440 g/mol. The van der Waals surface area contributed by atoms with Crippen molar-refractivity contribution >= 4 is 37.0 Å². The van der Waals surface area contributed by atoms with Crippen LogP contribution in [0.2, 0.25) is 0 Å². The zero-order valence-electron chi connectivity index (χ0n) is 19.0. The van der Waals surface area contributed by atoms with Crippen LogP contribution < -0.4 is 27.1 Å². The molecule has 180 valence electrons. The van der Waals surface area contributed by atoms with E-state index in [1.165, 1.54) is 13.2 Å². The van der Waals surface area contributed by atoms with Crippen LogP contribution in [0.25, 0.3) is 0 Å². The van der Waals surface area contributed by atoms with Crippen LogP contribution in [-0.2, 0) is 22.6 Å². The Hall–Kier alpha value is -2.89. The fraction of sp³-hybridized carbons (Fsp3) is 0.364. The van der Waals surface area contributed by atoms with Crippen molar-refractivity contribution < 1.29 is 34.1 Å². The van der Waals surface area contributed by atoms with Gasteiger partial charge in [0.05, 0.1) is 19.8 Å². The fourth-order valence-corrected chi connectivity index (χ4v) is 3.85. The number of unbranched alkanes of at least 4 members (excludes halogenated alkanes) is 1. The van der Waals surface area contributed by atoms with Crippen molar-refractivity contribution in [2.45, 2.75) is 38.5 Å². The minimum absolute atomic E-state index is 0.196. The molecule has 34 heavy (non-hydrogen) atoms. The highest BCUT2D eigenvalue weighted by Crippen LogP contribution is 2.21. The van der Waals surface area contributed by atoms with Gasteiger partial charge in [-0.05, 0) is 54.0 Å². The summed E-state index contributed by atoms with van der Waals surface area (Å²) in [6.07, 6.45) is 1.59. The van der Waals surface area contributed by atoms with Crippen LogP contribution in [0.3, 0.4) is 0 Å². The highest BCUT2D eigenvalue weighted by atomic mass is 16.5. The molecule has 7 N–H and O–H groups in total. The van der Waals surface area contributed by atoms with Gasteiger partial charge < -0.3 is 40.8 Å². The molecule has 2 amide bonds. The van der Waals surface area contributed by atoms with Gasteiger partial charge in [-0.3, -0.25) is 9.59 Å². The first kappa shape index (κ1) is 25.7. The summed E-state index contributed by atoms with van der Waals surface area (Å²) in [5.74, 6) is -0.408. The number of nitrogens with two attached hydrogens (primary N) is 2. The molecule has 0 fully saturated rings. The summed E-state index contributed by atoms with van der Waals surface area (Å²) >= 11 is 0. The lowest BCUT2D eigenvalue weighted by molar-refractivity contribution is -0.119. The first-order chi connectivity index (χ1) is 16.2. The van der Waals surface area contributed by atoms with E-state index < -0.39 is 26.2 Å². The Balaban J connectivity index is 1.81. The van der Waals surface area contributed by atoms with E-state index in [-0.39, 0.29) is 24.5 Å². The molecule has 1 aliphatic heterocycles. The maximum absolute atomic E-state index is 13.5. The Morgan fingerprint density at radius 3 is 2.68 bits per heavy atom. The largest absolute Gasteiger partial charge is 0.496 e. The standard InChI is InChI=1S/C22H29B2N3O7/c1-33-20-11-17(23(30)31)8-7-15(20)12-27(9-3-2-4-19(25)21(26)28)22(29)14-5-6-16-13-34-24(32)18(16)10-14/h5-8,10-11,19,30-32H,2-4,9,12-13,25H2,1H3,(H2,26,28). The summed E-state index contributed by atoms with van der Waals surface area (Å²) in [4.78, 5) is 26.3. The Labute approximate surface area is 198 Å². The predicted octanol–water partition coefficient (Wildman–Crippen LogP) is -1.78. The van der Waals surface area contributed by atoms with E-state index in [4.69, 9.17) is 20.9 Å². The molecule has 2 aromatic carbocycles. The van der Waals surface area contributed by atoms with Crippen molar-refractivity contribution in [1.82, 2.24) is 4.90 Å². The second kappa shape index (κ2) is 11.5. The van der Waals surface area contributed by atoms with Gasteiger partial charge in [0, 0.05) is 24.2 Å². The van der Waals surface area contributed by atoms with Crippen molar-refractivity contribution in [1.29, 1.82) is 0 Å². The molecule has 1 aliphatic rings. The third-order valence-electron chi connectivity index (χ3n) is 5.87. The Morgan fingerprint density at radius 1 is 1.24 bits per heavy atom. The second-order valence-corrected chi connectivity index (χ2v) is 8.25. The van der Waals surface area contributed by atoms with Crippen molar-refractivity contribution in [3.05, 3.63) is 53.1 Å². The molecule has 3 rings (SSSR count). The molecule has 2 aromatic rings. The number of carbonyl (C=O) groups excluding carboxylic acids is 2. The van der Waals surface area contributed by atoms with Crippen LogP contribution in [0.5, 0.6) is 5.75 Å². The Kier molecular flexibility index (Phi) is 8.70. The zero-order chi connectivity index (χ0) is 24.8. The molecule has 10 nitrogen and oxygen atoms in total. The SMILES string of the molecule is COc1cc(B(O)O)ccc1CN(CCCCC(N)C(N)=O)C(=O)c1ccc2c(c1)B(O)OC2. The lowest BCUT2D eigenvalue weighted by Gasteiger charge is -2.25. The lowest BCUT2D eigenvalue weighted by atomic mass is 9.78. The van der Waals surface area contributed by atoms with Crippen molar-refractivity contribution in [2.24, 2.45) is 11.5 Å². The van der Waals surface area contributed by atoms with E-state index in [9.17, 15) is 24.7 Å². The van der Waals surface area contributed by atoms with Gasteiger partial charge in [-0.25, -0.2) is 0 Å². The first-order valence-corrected chi connectivity index (χ1v) is 11.0. The van der Waals surface area contributed by atoms with Crippen LogP contribution in [0, 0.1) is 0 Å².